The SMILES string of the molecule is Cc1cc2c(N3CCN(c4ccnc5c(F)cc(F)cc45)CC3)ncnc2s1. The third kappa shape index (κ3) is 2.84. The van der Waals surface area contributed by atoms with E-state index in [-0.39, 0.29) is 5.52 Å². The Kier molecular flexibility index (Phi) is 4.08. The van der Waals surface area contributed by atoms with Crippen LogP contribution in [0.15, 0.2) is 36.8 Å². The zero-order valence-electron chi connectivity index (χ0n) is 15.2. The van der Waals surface area contributed by atoms with Gasteiger partial charge >= 0.3 is 0 Å². The van der Waals surface area contributed by atoms with Gasteiger partial charge in [-0.3, -0.25) is 4.98 Å². The van der Waals surface area contributed by atoms with E-state index in [2.05, 4.69) is 37.7 Å². The summed E-state index contributed by atoms with van der Waals surface area (Å²) in [7, 11) is 0. The standard InChI is InChI=1S/C20H17F2N5S/c1-12-8-15-19(24-11-25-20(15)28-12)27-6-4-26(5-7-27)17-2-3-23-18-14(17)9-13(21)10-16(18)22/h2-3,8-11H,4-7H2,1H3. The Labute approximate surface area is 164 Å². The van der Waals surface area contributed by atoms with Crippen molar-refractivity contribution in [2.24, 2.45) is 0 Å². The average molecular weight is 397 g/mol. The molecule has 0 N–H and O–H groups in total. The van der Waals surface area contributed by atoms with Gasteiger partial charge in [0, 0.05) is 54.4 Å². The molecular formula is C20H17F2N5S. The van der Waals surface area contributed by atoms with Crippen molar-refractivity contribution >= 4 is 44.0 Å². The van der Waals surface area contributed by atoms with Gasteiger partial charge in [-0.25, -0.2) is 18.7 Å². The van der Waals surface area contributed by atoms with E-state index < -0.39 is 11.6 Å². The number of nitrogens with zero attached hydrogens (tertiary/aromatic N) is 5. The minimum absolute atomic E-state index is 0.201. The van der Waals surface area contributed by atoms with Crippen LogP contribution < -0.4 is 9.80 Å². The first-order chi connectivity index (χ1) is 13.6. The number of halogens is 2. The van der Waals surface area contributed by atoms with E-state index in [1.165, 1.54) is 10.9 Å². The van der Waals surface area contributed by atoms with Crippen molar-refractivity contribution in [1.82, 2.24) is 15.0 Å². The monoisotopic (exact) mass is 397 g/mol. The van der Waals surface area contributed by atoms with Gasteiger partial charge in [0.05, 0.1) is 5.39 Å². The molecule has 1 aromatic carbocycles. The fourth-order valence-corrected chi connectivity index (χ4v) is 4.66. The van der Waals surface area contributed by atoms with Crippen molar-refractivity contribution in [2.75, 3.05) is 36.0 Å². The summed E-state index contributed by atoms with van der Waals surface area (Å²) in [6, 6.07) is 6.18. The van der Waals surface area contributed by atoms with Crippen molar-refractivity contribution in [1.29, 1.82) is 0 Å². The quantitative estimate of drug-likeness (QED) is 0.508. The smallest absolute Gasteiger partial charge is 0.152 e. The zero-order chi connectivity index (χ0) is 19.3. The summed E-state index contributed by atoms with van der Waals surface area (Å²) in [6.45, 7) is 5.06. The van der Waals surface area contributed by atoms with Crippen LogP contribution in [0.2, 0.25) is 0 Å². The van der Waals surface area contributed by atoms with Crippen LogP contribution >= 0.6 is 11.3 Å². The number of thiophene rings is 1. The molecule has 1 fully saturated rings. The first-order valence-electron chi connectivity index (χ1n) is 9.05. The molecule has 0 aliphatic carbocycles. The molecule has 5 rings (SSSR count). The fraction of sp³-hybridized carbons (Fsp3) is 0.250. The maximum atomic E-state index is 14.1. The number of hydrogen-bond donors (Lipinski definition) is 0. The van der Waals surface area contributed by atoms with E-state index >= 15 is 0 Å². The molecule has 0 amide bonds. The second kappa shape index (κ2) is 6.63. The first kappa shape index (κ1) is 17.2. The third-order valence-electron chi connectivity index (χ3n) is 5.09. The minimum Gasteiger partial charge on any atom is -0.367 e. The summed E-state index contributed by atoms with van der Waals surface area (Å²) < 4.78 is 27.9. The summed E-state index contributed by atoms with van der Waals surface area (Å²) in [6.07, 6.45) is 3.19. The number of piperazine rings is 1. The van der Waals surface area contributed by atoms with Crippen LogP contribution in [0.5, 0.6) is 0 Å². The van der Waals surface area contributed by atoms with Gasteiger partial charge < -0.3 is 9.80 Å². The number of fused-ring (bicyclic) bond motifs is 2. The number of hydrogen-bond acceptors (Lipinski definition) is 6. The molecule has 0 radical (unpaired) electrons. The van der Waals surface area contributed by atoms with E-state index in [0.29, 0.717) is 5.39 Å². The van der Waals surface area contributed by atoms with Crippen LogP contribution in [0.1, 0.15) is 4.88 Å². The van der Waals surface area contributed by atoms with Crippen molar-refractivity contribution in [3.05, 3.63) is 53.3 Å². The normalized spacial score (nSPS) is 15.0. The highest BCUT2D eigenvalue weighted by Crippen LogP contribution is 2.32. The van der Waals surface area contributed by atoms with Gasteiger partial charge in [-0.2, -0.15) is 0 Å². The van der Waals surface area contributed by atoms with Gasteiger partial charge in [0.15, 0.2) is 5.82 Å². The lowest BCUT2D eigenvalue weighted by atomic mass is 10.1. The topological polar surface area (TPSA) is 45.2 Å². The largest absolute Gasteiger partial charge is 0.367 e. The van der Waals surface area contributed by atoms with Gasteiger partial charge in [0.25, 0.3) is 0 Å². The molecule has 1 saturated heterocycles. The van der Waals surface area contributed by atoms with Crippen LogP contribution in [-0.4, -0.2) is 41.1 Å². The first-order valence-corrected chi connectivity index (χ1v) is 9.86. The van der Waals surface area contributed by atoms with E-state index in [1.807, 2.05) is 6.07 Å². The summed E-state index contributed by atoms with van der Waals surface area (Å²) in [5.41, 5.74) is 1.01. The van der Waals surface area contributed by atoms with Crippen LogP contribution in [0, 0.1) is 18.6 Å². The summed E-state index contributed by atoms with van der Waals surface area (Å²) in [5, 5.41) is 1.59. The molecule has 8 heteroatoms. The van der Waals surface area contributed by atoms with E-state index in [9.17, 15) is 8.78 Å². The molecule has 142 valence electrons. The minimum atomic E-state index is -0.633. The number of pyridine rings is 1. The van der Waals surface area contributed by atoms with Crippen LogP contribution in [0.4, 0.5) is 20.3 Å². The Morgan fingerprint density at radius 1 is 0.929 bits per heavy atom. The zero-order valence-corrected chi connectivity index (χ0v) is 16.0. The Bertz CT molecular complexity index is 1180. The van der Waals surface area contributed by atoms with E-state index in [4.69, 9.17) is 0 Å². The molecule has 1 aliphatic heterocycles. The van der Waals surface area contributed by atoms with Gasteiger partial charge in [-0.15, -0.1) is 11.3 Å². The lowest BCUT2D eigenvalue weighted by Gasteiger charge is -2.37. The lowest BCUT2D eigenvalue weighted by molar-refractivity contribution is 0.590. The van der Waals surface area contributed by atoms with Gasteiger partial charge in [0.2, 0.25) is 0 Å². The number of aromatic nitrogens is 3. The molecule has 28 heavy (non-hydrogen) atoms. The second-order valence-electron chi connectivity index (χ2n) is 6.86. The van der Waals surface area contributed by atoms with Crippen LogP contribution in [-0.2, 0) is 0 Å². The molecule has 5 nitrogen and oxygen atoms in total. The maximum Gasteiger partial charge on any atom is 0.152 e. The van der Waals surface area contributed by atoms with Gasteiger partial charge in [0.1, 0.15) is 28.3 Å². The number of anilines is 2. The second-order valence-corrected chi connectivity index (χ2v) is 8.10. The predicted octanol–water partition coefficient (Wildman–Crippen LogP) is 4.15. The highest BCUT2D eigenvalue weighted by atomic mass is 32.1. The molecule has 1 aliphatic rings. The number of benzene rings is 1. The molecule has 3 aromatic heterocycles. The molecule has 4 aromatic rings. The van der Waals surface area contributed by atoms with Crippen molar-refractivity contribution < 1.29 is 8.78 Å². The average Bonchev–Trinajstić information content (AvgIpc) is 3.08. The highest BCUT2D eigenvalue weighted by molar-refractivity contribution is 7.18. The molecule has 0 spiro atoms. The molecule has 4 heterocycles. The van der Waals surface area contributed by atoms with E-state index in [0.717, 1.165) is 54.0 Å². The van der Waals surface area contributed by atoms with Crippen molar-refractivity contribution in [3.8, 4) is 0 Å². The molecule has 0 bridgehead atoms. The lowest BCUT2D eigenvalue weighted by Crippen LogP contribution is -2.47. The van der Waals surface area contributed by atoms with Crippen LogP contribution in [0.25, 0.3) is 21.1 Å². The Hall–Kier alpha value is -2.87. The molecule has 0 saturated carbocycles. The summed E-state index contributed by atoms with van der Waals surface area (Å²) >= 11 is 1.67. The van der Waals surface area contributed by atoms with Gasteiger partial charge in [-0.1, -0.05) is 0 Å². The van der Waals surface area contributed by atoms with Crippen molar-refractivity contribution in [3.63, 3.8) is 0 Å². The maximum absolute atomic E-state index is 14.1. The van der Waals surface area contributed by atoms with E-state index in [1.54, 1.807) is 23.9 Å². The highest BCUT2D eigenvalue weighted by Gasteiger charge is 2.22. The Balaban J connectivity index is 1.44. The predicted molar refractivity (Wildman–Crippen MR) is 108 cm³/mol. The summed E-state index contributed by atoms with van der Waals surface area (Å²) in [4.78, 5) is 19.6. The Morgan fingerprint density at radius 3 is 2.54 bits per heavy atom. The number of rotatable bonds is 2. The fourth-order valence-electron chi connectivity index (χ4n) is 3.82. The van der Waals surface area contributed by atoms with Gasteiger partial charge in [-0.05, 0) is 25.1 Å². The van der Waals surface area contributed by atoms with Crippen LogP contribution in [0.3, 0.4) is 0 Å². The molecule has 0 atom stereocenters. The number of aryl methyl sites for hydroxylation is 1. The molecular weight excluding hydrogens is 380 g/mol. The summed E-state index contributed by atoms with van der Waals surface area (Å²) in [5.74, 6) is -0.272. The molecule has 0 unspecified atom stereocenters. The Morgan fingerprint density at radius 2 is 1.71 bits per heavy atom. The van der Waals surface area contributed by atoms with Crippen molar-refractivity contribution in [2.45, 2.75) is 6.92 Å². The third-order valence-corrected chi connectivity index (χ3v) is 6.05.